The molecule has 2 aliphatic rings. The Hall–Kier alpha value is -1.27. The van der Waals surface area contributed by atoms with Gasteiger partial charge in [0.2, 0.25) is 0 Å². The third-order valence-corrected chi connectivity index (χ3v) is 4.73. The number of hydrogen-bond acceptors (Lipinski definition) is 3. The molecule has 0 spiro atoms. The summed E-state index contributed by atoms with van der Waals surface area (Å²) < 4.78 is 39.2. The van der Waals surface area contributed by atoms with E-state index in [4.69, 9.17) is 5.73 Å². The molecular weight excluding hydrogens is 281 g/mol. The molecule has 3 unspecified atom stereocenters. The van der Waals surface area contributed by atoms with Crippen molar-refractivity contribution in [2.75, 3.05) is 18.8 Å². The highest BCUT2D eigenvalue weighted by atomic mass is 19.4. The Morgan fingerprint density at radius 2 is 2.00 bits per heavy atom. The Balaban J connectivity index is 1.77. The summed E-state index contributed by atoms with van der Waals surface area (Å²) in [6, 6.07) is 3.97. The Labute approximate surface area is 121 Å². The van der Waals surface area contributed by atoms with Gasteiger partial charge in [-0.05, 0) is 36.5 Å². The lowest BCUT2D eigenvalue weighted by molar-refractivity contribution is -0.138. The van der Waals surface area contributed by atoms with E-state index in [0.717, 1.165) is 25.5 Å². The Morgan fingerprint density at radius 3 is 2.67 bits per heavy atom. The van der Waals surface area contributed by atoms with Gasteiger partial charge in [0.15, 0.2) is 0 Å². The average Bonchev–Trinajstić information content (AvgIpc) is 2.93. The fourth-order valence-electron chi connectivity index (χ4n) is 3.69. The van der Waals surface area contributed by atoms with Gasteiger partial charge in [0.25, 0.3) is 0 Å². The molecule has 1 aromatic rings. The number of nitrogens with zero attached hydrogens (tertiary/aromatic N) is 1. The van der Waals surface area contributed by atoms with Crippen molar-refractivity contribution >= 4 is 5.69 Å². The Bertz CT molecular complexity index is 532. The lowest BCUT2D eigenvalue weighted by Crippen LogP contribution is -2.25. The zero-order valence-corrected chi connectivity index (χ0v) is 11.6. The van der Waals surface area contributed by atoms with Crippen molar-refractivity contribution in [1.29, 1.82) is 0 Å². The summed E-state index contributed by atoms with van der Waals surface area (Å²) in [4.78, 5) is 2.01. The highest BCUT2D eigenvalue weighted by Crippen LogP contribution is 2.40. The SMILES string of the molecule is Nc1ccc(CN2CC3CCC(O)C3C2)c(C(F)(F)F)c1. The number of likely N-dealkylation sites (tertiary alicyclic amines) is 1. The molecular formula is C15H19F3N2O. The predicted octanol–water partition coefficient (Wildman–Crippen LogP) is 2.49. The van der Waals surface area contributed by atoms with Crippen LogP contribution in [0, 0.1) is 11.8 Å². The fourth-order valence-corrected chi connectivity index (χ4v) is 3.69. The summed E-state index contributed by atoms with van der Waals surface area (Å²) in [5, 5.41) is 9.88. The number of benzene rings is 1. The Morgan fingerprint density at radius 1 is 1.24 bits per heavy atom. The normalized spacial score (nSPS) is 29.8. The fraction of sp³-hybridized carbons (Fsp3) is 0.600. The molecule has 1 aliphatic carbocycles. The van der Waals surface area contributed by atoms with Gasteiger partial charge in [-0.2, -0.15) is 13.2 Å². The summed E-state index contributed by atoms with van der Waals surface area (Å²) in [7, 11) is 0. The van der Waals surface area contributed by atoms with Gasteiger partial charge in [0, 0.05) is 31.2 Å². The van der Waals surface area contributed by atoms with Crippen LogP contribution in [0.3, 0.4) is 0 Å². The minimum Gasteiger partial charge on any atom is -0.399 e. The van der Waals surface area contributed by atoms with Crippen LogP contribution < -0.4 is 5.73 Å². The van der Waals surface area contributed by atoms with Crippen LogP contribution in [0.25, 0.3) is 0 Å². The van der Waals surface area contributed by atoms with Crippen LogP contribution in [0.2, 0.25) is 0 Å². The molecule has 116 valence electrons. The number of fused-ring (bicyclic) bond motifs is 1. The monoisotopic (exact) mass is 300 g/mol. The number of halogens is 3. The van der Waals surface area contributed by atoms with E-state index in [1.54, 1.807) is 0 Å². The van der Waals surface area contributed by atoms with E-state index in [9.17, 15) is 18.3 Å². The zero-order chi connectivity index (χ0) is 15.2. The van der Waals surface area contributed by atoms with Crippen LogP contribution >= 0.6 is 0 Å². The molecule has 0 aromatic heterocycles. The van der Waals surface area contributed by atoms with Crippen molar-refractivity contribution in [3.8, 4) is 0 Å². The van der Waals surface area contributed by atoms with Crippen LogP contribution in [0.4, 0.5) is 18.9 Å². The van der Waals surface area contributed by atoms with Crippen LogP contribution in [-0.4, -0.2) is 29.2 Å². The lowest BCUT2D eigenvalue weighted by atomic mass is 10.00. The smallest absolute Gasteiger partial charge is 0.399 e. The van der Waals surface area contributed by atoms with Crippen molar-refractivity contribution in [2.24, 2.45) is 11.8 Å². The first-order valence-corrected chi connectivity index (χ1v) is 7.20. The number of rotatable bonds is 2. The topological polar surface area (TPSA) is 49.5 Å². The molecule has 21 heavy (non-hydrogen) atoms. The summed E-state index contributed by atoms with van der Waals surface area (Å²) in [5.74, 6) is 0.635. The number of anilines is 1. The number of aliphatic hydroxyl groups is 1. The van der Waals surface area contributed by atoms with Crippen molar-refractivity contribution in [3.63, 3.8) is 0 Å². The van der Waals surface area contributed by atoms with Crippen LogP contribution in [0.5, 0.6) is 0 Å². The molecule has 0 radical (unpaired) electrons. The highest BCUT2D eigenvalue weighted by Gasteiger charge is 2.42. The zero-order valence-electron chi connectivity index (χ0n) is 11.6. The molecule has 6 heteroatoms. The van der Waals surface area contributed by atoms with E-state index in [0.29, 0.717) is 12.5 Å². The van der Waals surface area contributed by atoms with Gasteiger partial charge in [-0.25, -0.2) is 0 Å². The number of hydrogen-bond donors (Lipinski definition) is 2. The largest absolute Gasteiger partial charge is 0.416 e. The van der Waals surface area contributed by atoms with Gasteiger partial charge in [-0.1, -0.05) is 6.07 Å². The van der Waals surface area contributed by atoms with Crippen LogP contribution in [0.15, 0.2) is 18.2 Å². The van der Waals surface area contributed by atoms with Gasteiger partial charge in [-0.15, -0.1) is 0 Å². The molecule has 3 nitrogen and oxygen atoms in total. The minimum atomic E-state index is -4.39. The van der Waals surface area contributed by atoms with Gasteiger partial charge < -0.3 is 10.8 Å². The first-order valence-electron chi connectivity index (χ1n) is 7.20. The summed E-state index contributed by atoms with van der Waals surface area (Å²) >= 11 is 0. The van der Waals surface area contributed by atoms with Gasteiger partial charge >= 0.3 is 6.18 Å². The first kappa shape index (κ1) is 14.7. The highest BCUT2D eigenvalue weighted by molar-refractivity contribution is 5.46. The molecule has 3 N–H and O–H groups in total. The molecule has 1 saturated carbocycles. The summed E-state index contributed by atoms with van der Waals surface area (Å²) in [5.41, 5.74) is 5.21. The molecule has 3 rings (SSSR count). The number of nitrogen functional groups attached to an aromatic ring is 1. The third kappa shape index (κ3) is 2.87. The molecule has 3 atom stereocenters. The van der Waals surface area contributed by atoms with E-state index in [1.165, 1.54) is 12.1 Å². The quantitative estimate of drug-likeness (QED) is 0.825. The molecule has 1 aromatic carbocycles. The first-order chi connectivity index (χ1) is 9.84. The maximum Gasteiger partial charge on any atom is 0.416 e. The van der Waals surface area contributed by atoms with E-state index in [1.807, 2.05) is 4.90 Å². The second-order valence-corrected chi connectivity index (χ2v) is 6.18. The van der Waals surface area contributed by atoms with Crippen molar-refractivity contribution < 1.29 is 18.3 Å². The van der Waals surface area contributed by atoms with Crippen LogP contribution in [0.1, 0.15) is 24.0 Å². The van der Waals surface area contributed by atoms with Crippen molar-refractivity contribution in [3.05, 3.63) is 29.3 Å². The third-order valence-electron chi connectivity index (χ3n) is 4.73. The average molecular weight is 300 g/mol. The summed E-state index contributed by atoms with van der Waals surface area (Å²) in [6.45, 7) is 1.70. The number of alkyl halides is 3. The summed E-state index contributed by atoms with van der Waals surface area (Å²) in [6.07, 6.45) is -2.90. The molecule has 0 bridgehead atoms. The molecule has 1 saturated heterocycles. The van der Waals surface area contributed by atoms with Gasteiger partial charge in [0.1, 0.15) is 0 Å². The molecule has 0 amide bonds. The second kappa shape index (κ2) is 5.18. The predicted molar refractivity (Wildman–Crippen MR) is 73.4 cm³/mol. The standard InChI is InChI=1S/C15H19F3N2O/c16-15(17,18)13-5-11(19)3-1-10(13)7-20-6-9-2-4-14(21)12(9)8-20/h1,3,5,9,12,14,21H,2,4,6-8,19H2. The lowest BCUT2D eigenvalue weighted by Gasteiger charge is -2.21. The second-order valence-electron chi connectivity index (χ2n) is 6.18. The van der Waals surface area contributed by atoms with Crippen molar-refractivity contribution in [1.82, 2.24) is 4.90 Å². The minimum absolute atomic E-state index is 0.125. The van der Waals surface area contributed by atoms with E-state index in [-0.39, 0.29) is 29.8 Å². The molecule has 2 fully saturated rings. The molecule has 1 aliphatic heterocycles. The number of aliphatic hydroxyl groups excluding tert-OH is 1. The van der Waals surface area contributed by atoms with Gasteiger partial charge in [0.05, 0.1) is 11.7 Å². The van der Waals surface area contributed by atoms with E-state index < -0.39 is 11.7 Å². The van der Waals surface area contributed by atoms with Crippen molar-refractivity contribution in [2.45, 2.75) is 31.7 Å². The number of nitrogens with two attached hydrogens (primary N) is 1. The van der Waals surface area contributed by atoms with E-state index in [2.05, 4.69) is 0 Å². The van der Waals surface area contributed by atoms with E-state index >= 15 is 0 Å². The molecule has 1 heterocycles. The Kier molecular flexibility index (Phi) is 3.61. The van der Waals surface area contributed by atoms with Crippen LogP contribution in [-0.2, 0) is 12.7 Å². The maximum atomic E-state index is 13.1. The maximum absolute atomic E-state index is 13.1. The van der Waals surface area contributed by atoms with Gasteiger partial charge in [-0.3, -0.25) is 4.90 Å².